The van der Waals surface area contributed by atoms with Crippen LogP contribution in [0.1, 0.15) is 0 Å². The van der Waals surface area contributed by atoms with Crippen molar-refractivity contribution in [2.24, 2.45) is 0 Å². The van der Waals surface area contributed by atoms with Crippen LogP contribution in [0.4, 0.5) is 0 Å². The van der Waals surface area contributed by atoms with Crippen LogP contribution >= 0.6 is 15.9 Å². The highest BCUT2D eigenvalue weighted by Gasteiger charge is 1.99. The first kappa shape index (κ1) is 25.7. The zero-order valence-electron chi connectivity index (χ0n) is 12.5. The van der Waals surface area contributed by atoms with Gasteiger partial charge in [-0.3, -0.25) is 0 Å². The summed E-state index contributed by atoms with van der Waals surface area (Å²) in [6.45, 7) is 7.24. The maximum absolute atomic E-state index is 10.5. The van der Waals surface area contributed by atoms with Crippen molar-refractivity contribution in [3.63, 3.8) is 0 Å². The monoisotopic (exact) mass is 408 g/mol. The largest absolute Gasteiger partial charge is 0.395 e. The van der Waals surface area contributed by atoms with Gasteiger partial charge in [-0.1, -0.05) is 28.1 Å². The number of sulfone groups is 2. The lowest BCUT2D eigenvalue weighted by Crippen LogP contribution is -2.09. The van der Waals surface area contributed by atoms with Crippen molar-refractivity contribution in [1.82, 2.24) is 0 Å². The van der Waals surface area contributed by atoms with Gasteiger partial charge in [-0.2, -0.15) is 0 Å². The van der Waals surface area contributed by atoms with Crippen LogP contribution in [0.5, 0.6) is 0 Å². The van der Waals surface area contributed by atoms with E-state index in [1.807, 2.05) is 0 Å². The minimum atomic E-state index is -2.92. The Labute approximate surface area is 136 Å². The van der Waals surface area contributed by atoms with Gasteiger partial charge in [0.1, 0.15) is 19.7 Å². The highest BCUT2D eigenvalue weighted by molar-refractivity contribution is 9.09. The van der Waals surface area contributed by atoms with Crippen LogP contribution in [-0.4, -0.2) is 71.1 Å². The Bertz CT molecular complexity index is 442. The van der Waals surface area contributed by atoms with Crippen molar-refractivity contribution < 1.29 is 26.7 Å². The number of allylic oxidation sites excluding steroid dienone is 1. The molecule has 0 spiro atoms. The Balaban J connectivity index is -0.000000256. The number of aliphatic hydroxyl groups excluding tert-OH is 1. The molecular weight excluding hydrogens is 384 g/mol. The summed E-state index contributed by atoms with van der Waals surface area (Å²) < 4.78 is 46.0. The van der Waals surface area contributed by atoms with Gasteiger partial charge in [0.05, 0.1) is 31.3 Å². The number of hydrogen-bond donors (Lipinski definition) is 1. The molecule has 0 heterocycles. The van der Waals surface area contributed by atoms with Crippen molar-refractivity contribution in [2.75, 3.05) is 49.2 Å². The summed E-state index contributed by atoms with van der Waals surface area (Å²) in [7, 11) is -5.79. The number of aliphatic hydroxyl groups is 1. The molecule has 0 atom stereocenters. The van der Waals surface area contributed by atoms with E-state index in [9.17, 15) is 16.8 Å². The lowest BCUT2D eigenvalue weighted by Gasteiger charge is -1.97. The normalized spacial score (nSPS) is 10.5. The molecule has 0 aromatic carbocycles. The third kappa shape index (κ3) is 45.1. The van der Waals surface area contributed by atoms with E-state index in [4.69, 9.17) is 9.84 Å². The molecule has 6 nitrogen and oxygen atoms in total. The van der Waals surface area contributed by atoms with Crippen molar-refractivity contribution in [3.05, 3.63) is 25.3 Å². The summed E-state index contributed by atoms with van der Waals surface area (Å²) in [5.74, 6) is -0.0478. The molecule has 0 saturated carbocycles. The van der Waals surface area contributed by atoms with Gasteiger partial charge in [-0.15, -0.1) is 13.2 Å². The van der Waals surface area contributed by atoms with Crippen molar-refractivity contribution in [3.8, 4) is 0 Å². The summed E-state index contributed by atoms with van der Waals surface area (Å²) in [6, 6.07) is 0. The maximum Gasteiger partial charge on any atom is 0.149 e. The zero-order valence-corrected chi connectivity index (χ0v) is 15.7. The zero-order chi connectivity index (χ0) is 17.4. The molecule has 0 saturated heterocycles. The molecule has 0 aliphatic rings. The second kappa shape index (κ2) is 16.2. The van der Waals surface area contributed by atoms with E-state index in [0.717, 1.165) is 11.6 Å². The van der Waals surface area contributed by atoms with Gasteiger partial charge >= 0.3 is 0 Å². The maximum atomic E-state index is 10.5. The highest BCUT2D eigenvalue weighted by atomic mass is 79.9. The molecule has 9 heteroatoms. The van der Waals surface area contributed by atoms with Crippen molar-refractivity contribution in [2.45, 2.75) is 0 Å². The first-order valence-electron chi connectivity index (χ1n) is 5.85. The van der Waals surface area contributed by atoms with E-state index in [2.05, 4.69) is 29.1 Å². The Morgan fingerprint density at radius 3 is 1.67 bits per heavy atom. The van der Waals surface area contributed by atoms with Crippen LogP contribution in [0, 0.1) is 0 Å². The Hall–Kier alpha value is -0.220. The molecular formula is C12H25BrO6S2. The Kier molecular flexibility index (Phi) is 19.8. The van der Waals surface area contributed by atoms with Crippen LogP contribution in [0.25, 0.3) is 0 Å². The summed E-state index contributed by atoms with van der Waals surface area (Å²) >= 11 is 3.13. The molecule has 0 radical (unpaired) electrons. The smallest absolute Gasteiger partial charge is 0.149 e. The molecule has 0 aromatic heterocycles. The lowest BCUT2D eigenvalue weighted by molar-refractivity contribution is 0.179. The third-order valence-corrected chi connectivity index (χ3v) is 3.70. The summed E-state index contributed by atoms with van der Waals surface area (Å²) in [5, 5.41) is 8.92. The standard InChI is InChI=1S/C6H12O3S.C3H5Br.C3H8O3S/c1-3-4-9-5-6-10(2,7)8;1-2-3-4;1-7(5,6)3-2-4/h3H,1,4-6H2,2H3;2H,1,3H2;4H,2-3H2,1H3. The average molecular weight is 409 g/mol. The number of rotatable bonds is 8. The molecule has 0 unspecified atom stereocenters. The summed E-state index contributed by atoms with van der Waals surface area (Å²) in [6.07, 6.45) is 5.65. The van der Waals surface area contributed by atoms with E-state index >= 15 is 0 Å². The Morgan fingerprint density at radius 1 is 1.05 bits per heavy atom. The van der Waals surface area contributed by atoms with Crippen LogP contribution in [0.2, 0.25) is 0 Å². The van der Waals surface area contributed by atoms with E-state index in [1.165, 1.54) is 6.26 Å². The molecule has 0 aromatic rings. The van der Waals surface area contributed by atoms with Gasteiger partial charge in [0.2, 0.25) is 0 Å². The van der Waals surface area contributed by atoms with Gasteiger partial charge in [-0.25, -0.2) is 16.8 Å². The SMILES string of the molecule is C=CCBr.C=CCOCCS(C)(=O)=O.CS(=O)(=O)CCO. The Morgan fingerprint density at radius 2 is 1.48 bits per heavy atom. The van der Waals surface area contributed by atoms with Gasteiger partial charge in [-0.05, 0) is 0 Å². The van der Waals surface area contributed by atoms with E-state index < -0.39 is 19.7 Å². The molecule has 0 aliphatic carbocycles. The fraction of sp³-hybridized carbons (Fsp3) is 0.667. The number of hydrogen-bond acceptors (Lipinski definition) is 6. The highest BCUT2D eigenvalue weighted by Crippen LogP contribution is 1.83. The van der Waals surface area contributed by atoms with Crippen LogP contribution in [0.15, 0.2) is 25.3 Å². The van der Waals surface area contributed by atoms with Crippen molar-refractivity contribution >= 4 is 35.6 Å². The molecule has 128 valence electrons. The van der Waals surface area contributed by atoms with Crippen LogP contribution in [0.3, 0.4) is 0 Å². The van der Waals surface area contributed by atoms with E-state index in [1.54, 1.807) is 12.2 Å². The summed E-state index contributed by atoms with van der Waals surface area (Å²) in [4.78, 5) is 0. The fourth-order valence-electron chi connectivity index (χ4n) is 0.543. The molecule has 1 N–H and O–H groups in total. The van der Waals surface area contributed by atoms with Gasteiger partial charge in [0.15, 0.2) is 0 Å². The second-order valence-electron chi connectivity index (χ2n) is 3.79. The van der Waals surface area contributed by atoms with Crippen molar-refractivity contribution in [1.29, 1.82) is 0 Å². The molecule has 21 heavy (non-hydrogen) atoms. The predicted octanol–water partition coefficient (Wildman–Crippen LogP) is 0.824. The molecule has 0 fully saturated rings. The predicted molar refractivity (Wildman–Crippen MR) is 91.5 cm³/mol. The quantitative estimate of drug-likeness (QED) is 0.362. The van der Waals surface area contributed by atoms with Crippen LogP contribution in [-0.2, 0) is 24.4 Å². The molecule has 0 bridgehead atoms. The topological polar surface area (TPSA) is 97.7 Å². The van der Waals surface area contributed by atoms with E-state index in [0.29, 0.717) is 6.61 Å². The first-order chi connectivity index (χ1) is 9.54. The summed E-state index contributed by atoms with van der Waals surface area (Å²) in [5.41, 5.74) is 0. The van der Waals surface area contributed by atoms with Crippen LogP contribution < -0.4 is 0 Å². The van der Waals surface area contributed by atoms with Gasteiger partial charge < -0.3 is 9.84 Å². The third-order valence-electron chi connectivity index (χ3n) is 1.41. The second-order valence-corrected chi connectivity index (χ2v) is 8.96. The fourth-order valence-corrected chi connectivity index (χ4v) is 1.30. The molecule has 0 amide bonds. The first-order valence-corrected chi connectivity index (χ1v) is 11.1. The molecule has 0 aliphatic heterocycles. The minimum absolute atomic E-state index is 0.0842. The minimum Gasteiger partial charge on any atom is -0.395 e. The number of alkyl halides is 1. The van der Waals surface area contributed by atoms with Gasteiger partial charge in [0, 0.05) is 17.8 Å². The average Bonchev–Trinajstić information content (AvgIpc) is 2.33. The van der Waals surface area contributed by atoms with Gasteiger partial charge in [0.25, 0.3) is 0 Å². The van der Waals surface area contributed by atoms with E-state index in [-0.39, 0.29) is 24.7 Å². The lowest BCUT2D eigenvalue weighted by atomic mass is 10.7. The number of halogens is 1. The molecule has 0 rings (SSSR count). The number of ether oxygens (including phenoxy) is 1.